The Labute approximate surface area is 171 Å². The number of carbonyl (C=O) groups is 1. The Balaban J connectivity index is 1.79. The van der Waals surface area contributed by atoms with E-state index in [9.17, 15) is 4.79 Å². The number of carbonyl (C=O) groups excluding carboxylic acids is 1. The van der Waals surface area contributed by atoms with E-state index in [2.05, 4.69) is 61.6 Å². The van der Waals surface area contributed by atoms with Crippen molar-refractivity contribution in [3.8, 4) is 5.75 Å². The zero-order valence-electron chi connectivity index (χ0n) is 17.1. The summed E-state index contributed by atoms with van der Waals surface area (Å²) in [5.41, 5.74) is 5.43. The van der Waals surface area contributed by atoms with Crippen molar-refractivity contribution >= 4 is 27.8 Å². The lowest BCUT2D eigenvalue weighted by Crippen LogP contribution is -2.33. The SMILES string of the molecule is COc1cccc(C2Nc3ccc4ccccc4c3C3=C2C(=O)CC(C)(C)C3)c1. The molecule has 0 radical (unpaired) electrons. The van der Waals surface area contributed by atoms with Crippen molar-refractivity contribution in [2.45, 2.75) is 32.7 Å². The van der Waals surface area contributed by atoms with Crippen molar-refractivity contribution in [1.29, 1.82) is 0 Å². The number of methoxy groups -OCH3 is 1. The zero-order chi connectivity index (χ0) is 20.2. The second-order valence-electron chi connectivity index (χ2n) is 8.90. The van der Waals surface area contributed by atoms with Crippen LogP contribution in [0, 0.1) is 5.41 Å². The first-order valence-corrected chi connectivity index (χ1v) is 10.2. The molecular formula is C26H25NO2. The van der Waals surface area contributed by atoms with Crippen LogP contribution in [-0.2, 0) is 4.79 Å². The van der Waals surface area contributed by atoms with Crippen molar-refractivity contribution in [3.05, 3.63) is 77.4 Å². The first-order valence-electron chi connectivity index (χ1n) is 10.2. The molecule has 0 spiro atoms. The Hall–Kier alpha value is -3.07. The molecule has 0 bridgehead atoms. The molecule has 3 nitrogen and oxygen atoms in total. The Kier molecular flexibility index (Phi) is 4.02. The molecule has 0 aromatic heterocycles. The summed E-state index contributed by atoms with van der Waals surface area (Å²) in [6.45, 7) is 4.39. The van der Waals surface area contributed by atoms with Gasteiger partial charge in [0.2, 0.25) is 0 Å². The predicted octanol–water partition coefficient (Wildman–Crippen LogP) is 6.16. The Morgan fingerprint density at radius 1 is 1.00 bits per heavy atom. The molecule has 0 saturated heterocycles. The maximum absolute atomic E-state index is 13.4. The molecule has 1 atom stereocenters. The number of allylic oxidation sites excluding steroid dienone is 1. The normalized spacial score (nSPS) is 20.1. The largest absolute Gasteiger partial charge is 0.497 e. The van der Waals surface area contributed by atoms with Gasteiger partial charge in [0.1, 0.15) is 5.75 Å². The van der Waals surface area contributed by atoms with Gasteiger partial charge in [0.25, 0.3) is 0 Å². The summed E-state index contributed by atoms with van der Waals surface area (Å²) in [5, 5.41) is 6.09. The maximum atomic E-state index is 13.4. The first kappa shape index (κ1) is 18.0. The van der Waals surface area contributed by atoms with Crippen LogP contribution in [0.25, 0.3) is 16.3 Å². The molecule has 0 amide bonds. The number of nitrogens with one attached hydrogen (secondary N) is 1. The van der Waals surface area contributed by atoms with Crippen LogP contribution in [0.5, 0.6) is 5.75 Å². The molecule has 0 saturated carbocycles. The second-order valence-corrected chi connectivity index (χ2v) is 8.90. The van der Waals surface area contributed by atoms with E-state index in [0.29, 0.717) is 6.42 Å². The molecule has 3 heteroatoms. The highest BCUT2D eigenvalue weighted by molar-refractivity contribution is 6.12. The van der Waals surface area contributed by atoms with Gasteiger partial charge in [0.15, 0.2) is 5.78 Å². The number of ether oxygens (including phenoxy) is 1. The molecule has 3 aromatic rings. The van der Waals surface area contributed by atoms with E-state index in [-0.39, 0.29) is 17.2 Å². The van der Waals surface area contributed by atoms with Gasteiger partial charge in [0, 0.05) is 23.2 Å². The van der Waals surface area contributed by atoms with E-state index in [1.165, 1.54) is 21.9 Å². The summed E-state index contributed by atoms with van der Waals surface area (Å²) >= 11 is 0. The van der Waals surface area contributed by atoms with Crippen LogP contribution in [0.15, 0.2) is 66.2 Å². The fraction of sp³-hybridized carbons (Fsp3) is 0.269. The van der Waals surface area contributed by atoms with Crippen molar-refractivity contribution in [3.63, 3.8) is 0 Å². The van der Waals surface area contributed by atoms with Gasteiger partial charge in [-0.3, -0.25) is 4.79 Å². The molecule has 1 N–H and O–H groups in total. The molecule has 2 aliphatic rings. The van der Waals surface area contributed by atoms with Gasteiger partial charge >= 0.3 is 0 Å². The molecule has 3 aromatic carbocycles. The van der Waals surface area contributed by atoms with Gasteiger partial charge < -0.3 is 10.1 Å². The van der Waals surface area contributed by atoms with Gasteiger partial charge in [-0.05, 0) is 51.9 Å². The Morgan fingerprint density at radius 2 is 1.83 bits per heavy atom. The van der Waals surface area contributed by atoms with E-state index in [1.807, 2.05) is 18.2 Å². The lowest BCUT2D eigenvalue weighted by atomic mass is 9.68. The smallest absolute Gasteiger partial charge is 0.162 e. The quantitative estimate of drug-likeness (QED) is 0.576. The molecular weight excluding hydrogens is 358 g/mol. The molecule has 0 fully saturated rings. The average Bonchev–Trinajstić information content (AvgIpc) is 2.71. The minimum Gasteiger partial charge on any atom is -0.497 e. The number of benzene rings is 3. The van der Waals surface area contributed by atoms with Gasteiger partial charge in [-0.1, -0.05) is 56.3 Å². The highest BCUT2D eigenvalue weighted by Crippen LogP contribution is 2.52. The minimum atomic E-state index is -0.155. The summed E-state index contributed by atoms with van der Waals surface area (Å²) in [4.78, 5) is 13.4. The van der Waals surface area contributed by atoms with Gasteiger partial charge in [0.05, 0.1) is 13.2 Å². The number of ketones is 1. The minimum absolute atomic E-state index is 0.0413. The van der Waals surface area contributed by atoms with E-state index < -0.39 is 0 Å². The average molecular weight is 383 g/mol. The van der Waals surface area contributed by atoms with E-state index >= 15 is 0 Å². The van der Waals surface area contributed by atoms with Crippen LogP contribution in [0.4, 0.5) is 5.69 Å². The monoisotopic (exact) mass is 383 g/mol. The van der Waals surface area contributed by atoms with E-state index in [1.54, 1.807) is 7.11 Å². The third-order valence-corrected chi connectivity index (χ3v) is 6.17. The molecule has 1 aliphatic carbocycles. The maximum Gasteiger partial charge on any atom is 0.162 e. The van der Waals surface area contributed by atoms with Crippen molar-refractivity contribution in [1.82, 2.24) is 0 Å². The molecule has 1 aliphatic heterocycles. The highest BCUT2D eigenvalue weighted by Gasteiger charge is 2.40. The zero-order valence-corrected chi connectivity index (χ0v) is 17.1. The summed E-state index contributed by atoms with van der Waals surface area (Å²) in [6.07, 6.45) is 1.48. The van der Waals surface area contributed by atoms with Crippen LogP contribution in [-0.4, -0.2) is 12.9 Å². The van der Waals surface area contributed by atoms with Crippen LogP contribution in [0.3, 0.4) is 0 Å². The Bertz CT molecular complexity index is 1170. The number of rotatable bonds is 2. The predicted molar refractivity (Wildman–Crippen MR) is 118 cm³/mol. The standard InChI is InChI=1S/C26H25NO2/c1-26(2)14-20-23-19-10-5-4-7-16(19)11-12-21(23)27-25(24(20)22(28)15-26)17-8-6-9-18(13-17)29-3/h4-13,25,27H,14-15H2,1-3H3. The lowest BCUT2D eigenvalue weighted by Gasteiger charge is -2.40. The molecule has 1 heterocycles. The summed E-state index contributed by atoms with van der Waals surface area (Å²) in [7, 11) is 1.67. The van der Waals surface area contributed by atoms with Crippen LogP contribution in [0.1, 0.15) is 43.9 Å². The van der Waals surface area contributed by atoms with Crippen molar-refractivity contribution < 1.29 is 9.53 Å². The number of fused-ring (bicyclic) bond motifs is 4. The molecule has 146 valence electrons. The molecule has 29 heavy (non-hydrogen) atoms. The van der Waals surface area contributed by atoms with Gasteiger partial charge in [-0.2, -0.15) is 0 Å². The topological polar surface area (TPSA) is 38.3 Å². The van der Waals surface area contributed by atoms with E-state index in [0.717, 1.165) is 29.0 Å². The van der Waals surface area contributed by atoms with Crippen LogP contribution in [0.2, 0.25) is 0 Å². The third kappa shape index (κ3) is 2.93. The number of anilines is 1. The third-order valence-electron chi connectivity index (χ3n) is 6.17. The fourth-order valence-corrected chi connectivity index (χ4v) is 4.91. The van der Waals surface area contributed by atoms with Crippen molar-refractivity contribution in [2.75, 3.05) is 12.4 Å². The second kappa shape index (κ2) is 6.48. The molecule has 1 unspecified atom stereocenters. The number of hydrogen-bond acceptors (Lipinski definition) is 3. The fourth-order valence-electron chi connectivity index (χ4n) is 4.91. The summed E-state index contributed by atoms with van der Waals surface area (Å²) in [6, 6.07) is 20.6. The van der Waals surface area contributed by atoms with Crippen molar-refractivity contribution in [2.24, 2.45) is 5.41 Å². The van der Waals surface area contributed by atoms with Crippen LogP contribution < -0.4 is 10.1 Å². The lowest BCUT2D eigenvalue weighted by molar-refractivity contribution is -0.118. The number of Topliss-reactive ketones (excluding diaryl/α,β-unsaturated/α-hetero) is 1. The summed E-state index contributed by atoms with van der Waals surface area (Å²) in [5.74, 6) is 1.05. The Morgan fingerprint density at radius 3 is 2.66 bits per heavy atom. The highest BCUT2D eigenvalue weighted by atomic mass is 16.5. The summed E-state index contributed by atoms with van der Waals surface area (Å²) < 4.78 is 5.44. The number of hydrogen-bond donors (Lipinski definition) is 1. The first-order chi connectivity index (χ1) is 14.0. The molecule has 5 rings (SSSR count). The van der Waals surface area contributed by atoms with Gasteiger partial charge in [-0.15, -0.1) is 0 Å². The van der Waals surface area contributed by atoms with E-state index in [4.69, 9.17) is 4.74 Å². The van der Waals surface area contributed by atoms with Crippen LogP contribution >= 0.6 is 0 Å². The van der Waals surface area contributed by atoms with Gasteiger partial charge in [-0.25, -0.2) is 0 Å².